The van der Waals surface area contributed by atoms with Crippen LogP contribution in [-0.2, 0) is 0 Å². The number of nitriles is 1. The van der Waals surface area contributed by atoms with E-state index < -0.39 is 5.92 Å². The number of aromatic nitrogens is 3. The van der Waals surface area contributed by atoms with Gasteiger partial charge in [0.05, 0.1) is 11.4 Å². The molecule has 3 heterocycles. The van der Waals surface area contributed by atoms with Crippen LogP contribution >= 0.6 is 11.6 Å². The molecule has 0 aliphatic carbocycles. The van der Waals surface area contributed by atoms with Crippen LogP contribution in [-0.4, -0.2) is 15.2 Å². The third-order valence-electron chi connectivity index (χ3n) is 4.39. The highest BCUT2D eigenvalue weighted by Crippen LogP contribution is 2.44. The van der Waals surface area contributed by atoms with Gasteiger partial charge in [-0.1, -0.05) is 23.2 Å². The van der Waals surface area contributed by atoms with E-state index in [0.29, 0.717) is 22.2 Å². The number of nitrogens with one attached hydrogen (secondary N) is 1. The molecule has 4 rings (SSSR count). The number of hydrogen-bond acceptors (Lipinski definition) is 5. The first kappa shape index (κ1) is 15.5. The second-order valence-electron chi connectivity index (χ2n) is 6.06. The van der Waals surface area contributed by atoms with Gasteiger partial charge in [0.1, 0.15) is 16.8 Å². The molecule has 1 atom stereocenters. The molecule has 1 aromatic carbocycles. The maximum atomic E-state index is 9.63. The second kappa shape index (κ2) is 5.50. The smallest absolute Gasteiger partial charge is 0.244 e. The first-order valence-electron chi connectivity index (χ1n) is 7.69. The Balaban J connectivity index is 2.02. The minimum atomic E-state index is -0.475. The Morgan fingerprint density at radius 1 is 1.32 bits per heavy atom. The molecule has 7 heteroatoms. The van der Waals surface area contributed by atoms with E-state index in [1.807, 2.05) is 38.1 Å². The Hall–Kier alpha value is -3.04. The maximum Gasteiger partial charge on any atom is 0.244 e. The molecular weight excluding hydrogens is 338 g/mol. The molecule has 6 nitrogen and oxygen atoms in total. The Morgan fingerprint density at radius 2 is 2.12 bits per heavy atom. The van der Waals surface area contributed by atoms with Crippen molar-refractivity contribution in [3.8, 4) is 11.9 Å². The van der Waals surface area contributed by atoms with Gasteiger partial charge in [0.25, 0.3) is 0 Å². The van der Waals surface area contributed by atoms with Crippen molar-refractivity contribution in [3.63, 3.8) is 0 Å². The normalized spacial score (nSPS) is 16.5. The molecule has 0 fully saturated rings. The van der Waals surface area contributed by atoms with E-state index in [1.54, 1.807) is 0 Å². The fraction of sp³-hybridized carbons (Fsp3) is 0.167. The van der Waals surface area contributed by atoms with Crippen LogP contribution in [0.25, 0.3) is 10.9 Å². The monoisotopic (exact) mass is 351 g/mol. The van der Waals surface area contributed by atoms with E-state index in [-0.39, 0.29) is 5.88 Å². The number of aryl methyl sites for hydroxylation is 2. The summed E-state index contributed by atoms with van der Waals surface area (Å²) >= 11 is 6.48. The summed E-state index contributed by atoms with van der Waals surface area (Å²) in [4.78, 5) is 4.49. The van der Waals surface area contributed by atoms with E-state index in [4.69, 9.17) is 22.1 Å². The predicted octanol–water partition coefficient (Wildman–Crippen LogP) is 3.45. The standard InChI is InChI=1S/C18H14ClN5O/c1-8-3-4-13-10(5-8)6-11(16(19)22-13)15-12(7-20)17(21)25-18-14(15)9(2)23-24-18/h3-6,15H,21H2,1-2H3,(H,23,24). The van der Waals surface area contributed by atoms with Gasteiger partial charge in [-0.3, -0.25) is 5.10 Å². The lowest BCUT2D eigenvalue weighted by molar-refractivity contribution is 0.379. The number of H-pyrrole nitrogens is 1. The van der Waals surface area contributed by atoms with Crippen molar-refractivity contribution in [2.75, 3.05) is 0 Å². The number of ether oxygens (including phenoxy) is 1. The van der Waals surface area contributed by atoms with Crippen molar-refractivity contribution in [2.45, 2.75) is 19.8 Å². The highest BCUT2D eigenvalue weighted by atomic mass is 35.5. The molecular formula is C18H14ClN5O. The lowest BCUT2D eigenvalue weighted by Gasteiger charge is -2.24. The highest BCUT2D eigenvalue weighted by Gasteiger charge is 2.35. The number of benzene rings is 1. The van der Waals surface area contributed by atoms with Gasteiger partial charge in [-0.25, -0.2) is 4.98 Å². The van der Waals surface area contributed by atoms with Crippen molar-refractivity contribution >= 4 is 22.5 Å². The van der Waals surface area contributed by atoms with Crippen LogP contribution in [0.2, 0.25) is 5.15 Å². The summed E-state index contributed by atoms with van der Waals surface area (Å²) < 4.78 is 5.48. The third kappa shape index (κ3) is 2.32. The number of fused-ring (bicyclic) bond motifs is 2. The molecule has 124 valence electrons. The van der Waals surface area contributed by atoms with Gasteiger partial charge in [-0.05, 0) is 32.0 Å². The van der Waals surface area contributed by atoms with Crippen LogP contribution in [0.3, 0.4) is 0 Å². The summed E-state index contributed by atoms with van der Waals surface area (Å²) in [6, 6.07) is 10.0. The molecule has 0 bridgehead atoms. The molecule has 0 radical (unpaired) electrons. The largest absolute Gasteiger partial charge is 0.420 e. The Labute approximate surface area is 148 Å². The molecule has 2 aromatic heterocycles. The highest BCUT2D eigenvalue weighted by molar-refractivity contribution is 6.30. The first-order chi connectivity index (χ1) is 12.0. The SMILES string of the molecule is Cc1ccc2nc(Cl)c(C3C(C#N)=C(N)Oc4n[nH]c(C)c43)cc2c1. The minimum Gasteiger partial charge on any atom is -0.420 e. The number of allylic oxidation sites excluding steroid dienone is 1. The van der Waals surface area contributed by atoms with Crippen LogP contribution < -0.4 is 10.5 Å². The lowest BCUT2D eigenvalue weighted by atomic mass is 9.84. The average molecular weight is 352 g/mol. The summed E-state index contributed by atoms with van der Waals surface area (Å²) in [5, 5.41) is 17.9. The first-order valence-corrected chi connectivity index (χ1v) is 8.06. The molecule has 0 spiro atoms. The van der Waals surface area contributed by atoms with Crippen LogP contribution in [0.15, 0.2) is 35.7 Å². The predicted molar refractivity (Wildman–Crippen MR) is 94.1 cm³/mol. The van der Waals surface area contributed by atoms with Crippen molar-refractivity contribution in [1.29, 1.82) is 5.26 Å². The Morgan fingerprint density at radius 3 is 2.88 bits per heavy atom. The van der Waals surface area contributed by atoms with Crippen molar-refractivity contribution in [2.24, 2.45) is 5.73 Å². The van der Waals surface area contributed by atoms with E-state index >= 15 is 0 Å². The zero-order valence-corrected chi connectivity index (χ0v) is 14.3. The Kier molecular flexibility index (Phi) is 3.41. The van der Waals surface area contributed by atoms with Crippen LogP contribution in [0.1, 0.15) is 28.3 Å². The van der Waals surface area contributed by atoms with Crippen molar-refractivity contribution in [3.05, 3.63) is 63.3 Å². The van der Waals surface area contributed by atoms with E-state index in [9.17, 15) is 5.26 Å². The summed E-state index contributed by atoms with van der Waals surface area (Å²) in [5.74, 6) is -0.0799. The number of rotatable bonds is 1. The number of nitrogens with zero attached hydrogens (tertiary/aromatic N) is 3. The van der Waals surface area contributed by atoms with E-state index in [1.165, 1.54) is 0 Å². The molecule has 0 saturated carbocycles. The number of hydrogen-bond donors (Lipinski definition) is 2. The molecule has 1 aliphatic rings. The van der Waals surface area contributed by atoms with Gasteiger partial charge in [-0.2, -0.15) is 5.26 Å². The summed E-state index contributed by atoms with van der Waals surface area (Å²) in [6.07, 6.45) is 0. The molecule has 3 N–H and O–H groups in total. The van der Waals surface area contributed by atoms with Gasteiger partial charge in [0.15, 0.2) is 0 Å². The number of halogens is 1. The van der Waals surface area contributed by atoms with Crippen LogP contribution in [0, 0.1) is 25.2 Å². The van der Waals surface area contributed by atoms with E-state index in [0.717, 1.165) is 27.7 Å². The minimum absolute atomic E-state index is 0.0342. The maximum absolute atomic E-state index is 9.63. The number of nitrogens with two attached hydrogens (primary N) is 1. The van der Waals surface area contributed by atoms with Crippen LogP contribution in [0.5, 0.6) is 5.88 Å². The fourth-order valence-electron chi connectivity index (χ4n) is 3.20. The van der Waals surface area contributed by atoms with E-state index in [2.05, 4.69) is 21.3 Å². The second-order valence-corrected chi connectivity index (χ2v) is 6.41. The molecule has 1 aliphatic heterocycles. The van der Waals surface area contributed by atoms with Gasteiger partial charge in [-0.15, -0.1) is 5.10 Å². The molecule has 0 amide bonds. The summed E-state index contributed by atoms with van der Waals surface area (Å²) in [5.41, 5.74) is 10.4. The molecule has 1 unspecified atom stereocenters. The summed E-state index contributed by atoms with van der Waals surface area (Å²) in [6.45, 7) is 3.88. The van der Waals surface area contributed by atoms with Gasteiger partial charge >= 0.3 is 0 Å². The average Bonchev–Trinajstić information content (AvgIpc) is 2.94. The fourth-order valence-corrected chi connectivity index (χ4v) is 3.46. The zero-order valence-electron chi connectivity index (χ0n) is 13.6. The zero-order chi connectivity index (χ0) is 17.7. The van der Waals surface area contributed by atoms with Crippen molar-refractivity contribution < 1.29 is 4.74 Å². The lowest BCUT2D eigenvalue weighted by Crippen LogP contribution is -2.21. The third-order valence-corrected chi connectivity index (χ3v) is 4.69. The molecule has 25 heavy (non-hydrogen) atoms. The molecule has 0 saturated heterocycles. The van der Waals surface area contributed by atoms with Gasteiger partial charge < -0.3 is 10.5 Å². The topological polar surface area (TPSA) is 101 Å². The van der Waals surface area contributed by atoms with Gasteiger partial charge in [0, 0.05) is 22.2 Å². The van der Waals surface area contributed by atoms with Crippen molar-refractivity contribution in [1.82, 2.24) is 15.2 Å². The van der Waals surface area contributed by atoms with Gasteiger partial charge in [0.2, 0.25) is 11.8 Å². The summed E-state index contributed by atoms with van der Waals surface area (Å²) in [7, 11) is 0. The number of aromatic amines is 1. The Bertz CT molecular complexity index is 1090. The molecule has 3 aromatic rings. The number of pyridine rings is 1. The quantitative estimate of drug-likeness (QED) is 0.654. The van der Waals surface area contributed by atoms with Crippen LogP contribution in [0.4, 0.5) is 0 Å².